The van der Waals surface area contributed by atoms with Crippen molar-refractivity contribution >= 4 is 5.97 Å². The second-order valence-corrected chi connectivity index (χ2v) is 6.53. The van der Waals surface area contributed by atoms with Gasteiger partial charge in [-0.3, -0.25) is 14.6 Å². The molecule has 1 rings (SSSR count). The van der Waals surface area contributed by atoms with Crippen molar-refractivity contribution in [3.8, 4) is 0 Å². The molecule has 1 aliphatic rings. The molecule has 17 heavy (non-hydrogen) atoms. The van der Waals surface area contributed by atoms with E-state index in [-0.39, 0.29) is 0 Å². The molecule has 0 aromatic rings. The van der Waals surface area contributed by atoms with Crippen LogP contribution < -0.4 is 0 Å². The normalized spacial score (nSPS) is 18.8. The van der Waals surface area contributed by atoms with Crippen LogP contribution in [0, 0.1) is 0 Å². The Bertz CT molecular complexity index is 227. The molecule has 0 radical (unpaired) electrons. The number of hydrogen-bond acceptors (Lipinski definition) is 3. The molecule has 0 aromatic carbocycles. The van der Waals surface area contributed by atoms with Crippen LogP contribution in [0.2, 0.25) is 0 Å². The molecule has 1 N–H and O–H groups in total. The minimum atomic E-state index is -0.833. The Labute approximate surface area is 106 Å². The average Bonchev–Trinajstić information content (AvgIpc) is 2.46. The summed E-state index contributed by atoms with van der Waals surface area (Å²) in [5.41, 5.74) is 0.639. The molecule has 4 nitrogen and oxygen atoms in total. The van der Waals surface area contributed by atoms with Gasteiger partial charge in [0.25, 0.3) is 5.97 Å². The van der Waals surface area contributed by atoms with Crippen LogP contribution in [0.15, 0.2) is 0 Å². The van der Waals surface area contributed by atoms with E-state index in [9.17, 15) is 0 Å². The number of hydrogen-bond donors (Lipinski definition) is 1. The first-order valence-electron chi connectivity index (χ1n) is 6.14. The maximum Gasteiger partial charge on any atom is 0.300 e. The van der Waals surface area contributed by atoms with Crippen molar-refractivity contribution in [1.82, 2.24) is 9.80 Å². The Morgan fingerprint density at radius 2 is 1.18 bits per heavy atom. The third-order valence-corrected chi connectivity index (χ3v) is 2.88. The van der Waals surface area contributed by atoms with E-state index in [1.807, 2.05) is 0 Å². The minimum absolute atomic E-state index is 0.319. The standard InChI is InChI=1S/C11H24N2.C2H4O2/c1-10(2,3)12-7-8-13(9-12)11(4,5)6;1-2(3)4/h7-9H2,1-6H3;1H3,(H,3,4). The van der Waals surface area contributed by atoms with Crippen LogP contribution in [0.1, 0.15) is 48.5 Å². The van der Waals surface area contributed by atoms with Crippen LogP contribution in [0.25, 0.3) is 0 Å². The summed E-state index contributed by atoms with van der Waals surface area (Å²) in [5.74, 6) is -0.833. The first-order chi connectivity index (χ1) is 7.44. The fraction of sp³-hybridized carbons (Fsp3) is 0.923. The SMILES string of the molecule is CC(=O)O.CC(C)(C)N1CCN(C(C)(C)C)C1. The second kappa shape index (κ2) is 5.83. The topological polar surface area (TPSA) is 43.8 Å². The summed E-state index contributed by atoms with van der Waals surface area (Å²) in [5, 5.41) is 7.42. The number of nitrogens with zero attached hydrogens (tertiary/aromatic N) is 2. The Morgan fingerprint density at radius 3 is 1.29 bits per heavy atom. The van der Waals surface area contributed by atoms with Gasteiger partial charge in [0.1, 0.15) is 0 Å². The fourth-order valence-electron chi connectivity index (χ4n) is 1.68. The van der Waals surface area contributed by atoms with Crippen LogP contribution in [-0.2, 0) is 4.79 Å². The zero-order chi connectivity index (χ0) is 13.9. The molecule has 0 unspecified atom stereocenters. The Balaban J connectivity index is 0.000000557. The zero-order valence-electron chi connectivity index (χ0n) is 12.4. The average molecular weight is 244 g/mol. The molecule has 0 saturated carbocycles. The monoisotopic (exact) mass is 244 g/mol. The summed E-state index contributed by atoms with van der Waals surface area (Å²) < 4.78 is 0. The summed E-state index contributed by atoms with van der Waals surface area (Å²) in [4.78, 5) is 14.1. The fourth-order valence-corrected chi connectivity index (χ4v) is 1.68. The van der Waals surface area contributed by atoms with Gasteiger partial charge in [-0.05, 0) is 41.5 Å². The van der Waals surface area contributed by atoms with Gasteiger partial charge in [0.05, 0.1) is 6.67 Å². The predicted octanol–water partition coefficient (Wildman–Crippen LogP) is 2.25. The molecular weight excluding hydrogens is 216 g/mol. The van der Waals surface area contributed by atoms with Crippen molar-refractivity contribution in [3.05, 3.63) is 0 Å². The summed E-state index contributed by atoms with van der Waals surface area (Å²) in [7, 11) is 0. The van der Waals surface area contributed by atoms with Crippen molar-refractivity contribution in [2.24, 2.45) is 0 Å². The van der Waals surface area contributed by atoms with E-state index in [0.29, 0.717) is 11.1 Å². The van der Waals surface area contributed by atoms with E-state index in [1.165, 1.54) is 13.1 Å². The van der Waals surface area contributed by atoms with Crippen LogP contribution in [-0.4, -0.2) is 51.7 Å². The summed E-state index contributed by atoms with van der Waals surface area (Å²) in [6.07, 6.45) is 0. The molecule has 0 spiro atoms. The van der Waals surface area contributed by atoms with Gasteiger partial charge in [0.15, 0.2) is 0 Å². The van der Waals surface area contributed by atoms with Crippen LogP contribution in [0.4, 0.5) is 0 Å². The quantitative estimate of drug-likeness (QED) is 0.710. The van der Waals surface area contributed by atoms with E-state index < -0.39 is 5.97 Å². The Morgan fingerprint density at radius 1 is 0.941 bits per heavy atom. The number of carboxylic acid groups (broad SMARTS) is 1. The number of aliphatic carboxylic acids is 1. The number of rotatable bonds is 0. The van der Waals surface area contributed by atoms with Crippen molar-refractivity contribution in [2.75, 3.05) is 19.8 Å². The predicted molar refractivity (Wildman–Crippen MR) is 71.1 cm³/mol. The third-order valence-electron chi connectivity index (χ3n) is 2.88. The van der Waals surface area contributed by atoms with Crippen molar-refractivity contribution < 1.29 is 9.90 Å². The molecule has 0 bridgehead atoms. The van der Waals surface area contributed by atoms with Gasteiger partial charge in [-0.2, -0.15) is 0 Å². The Hall–Kier alpha value is -0.610. The summed E-state index contributed by atoms with van der Waals surface area (Å²) in [6.45, 7) is 18.4. The highest BCUT2D eigenvalue weighted by Crippen LogP contribution is 2.23. The lowest BCUT2D eigenvalue weighted by molar-refractivity contribution is -0.134. The highest BCUT2D eigenvalue weighted by Gasteiger charge is 2.33. The lowest BCUT2D eigenvalue weighted by atomic mass is 10.1. The van der Waals surface area contributed by atoms with E-state index >= 15 is 0 Å². The molecule has 1 aliphatic heterocycles. The van der Waals surface area contributed by atoms with Crippen molar-refractivity contribution in [3.63, 3.8) is 0 Å². The molecule has 1 heterocycles. The number of carbonyl (C=O) groups is 1. The van der Waals surface area contributed by atoms with Crippen molar-refractivity contribution in [2.45, 2.75) is 59.5 Å². The van der Waals surface area contributed by atoms with Crippen LogP contribution >= 0.6 is 0 Å². The molecule has 0 aliphatic carbocycles. The summed E-state index contributed by atoms with van der Waals surface area (Å²) >= 11 is 0. The first-order valence-corrected chi connectivity index (χ1v) is 6.14. The van der Waals surface area contributed by atoms with E-state index in [0.717, 1.165) is 13.6 Å². The molecule has 0 amide bonds. The zero-order valence-corrected chi connectivity index (χ0v) is 12.4. The van der Waals surface area contributed by atoms with Gasteiger partial charge in [-0.15, -0.1) is 0 Å². The van der Waals surface area contributed by atoms with E-state index in [4.69, 9.17) is 9.90 Å². The lowest BCUT2D eigenvalue weighted by Crippen LogP contribution is -2.44. The van der Waals surface area contributed by atoms with Gasteiger partial charge in [-0.25, -0.2) is 0 Å². The number of carboxylic acids is 1. The van der Waals surface area contributed by atoms with Gasteiger partial charge in [0, 0.05) is 31.1 Å². The second-order valence-electron chi connectivity index (χ2n) is 6.53. The largest absolute Gasteiger partial charge is 0.481 e. The third kappa shape index (κ3) is 6.64. The van der Waals surface area contributed by atoms with Crippen molar-refractivity contribution in [1.29, 1.82) is 0 Å². The highest BCUT2D eigenvalue weighted by molar-refractivity contribution is 5.62. The van der Waals surface area contributed by atoms with E-state index in [2.05, 4.69) is 51.3 Å². The highest BCUT2D eigenvalue weighted by atomic mass is 16.4. The lowest BCUT2D eigenvalue weighted by Gasteiger charge is -2.35. The minimum Gasteiger partial charge on any atom is -0.481 e. The first kappa shape index (κ1) is 16.4. The molecule has 102 valence electrons. The maximum atomic E-state index is 9.00. The van der Waals surface area contributed by atoms with Gasteiger partial charge >= 0.3 is 0 Å². The summed E-state index contributed by atoms with van der Waals surface area (Å²) in [6, 6.07) is 0. The molecule has 1 saturated heterocycles. The molecule has 4 heteroatoms. The smallest absolute Gasteiger partial charge is 0.300 e. The van der Waals surface area contributed by atoms with Gasteiger partial charge in [-0.1, -0.05) is 0 Å². The van der Waals surface area contributed by atoms with Crippen LogP contribution in [0.3, 0.4) is 0 Å². The maximum absolute atomic E-state index is 9.00. The molecule has 1 fully saturated rings. The Kier molecular flexibility index (Phi) is 5.62. The van der Waals surface area contributed by atoms with Gasteiger partial charge < -0.3 is 5.11 Å². The molecular formula is C13H28N2O2. The van der Waals surface area contributed by atoms with Crippen LogP contribution in [0.5, 0.6) is 0 Å². The van der Waals surface area contributed by atoms with E-state index in [1.54, 1.807) is 0 Å². The molecule has 0 atom stereocenters. The van der Waals surface area contributed by atoms with Gasteiger partial charge in [0.2, 0.25) is 0 Å². The molecule has 0 aromatic heterocycles.